The lowest BCUT2D eigenvalue weighted by Gasteiger charge is -2.27. The predicted molar refractivity (Wildman–Crippen MR) is 103 cm³/mol. The third-order valence-electron chi connectivity index (χ3n) is 4.09. The molecule has 1 aliphatic rings. The van der Waals surface area contributed by atoms with Crippen molar-refractivity contribution in [2.24, 2.45) is 0 Å². The average Bonchev–Trinajstić information content (AvgIpc) is 3.05. The fraction of sp³-hybridized carbons (Fsp3) is 0.200. The zero-order valence-corrected chi connectivity index (χ0v) is 15.3. The third kappa shape index (κ3) is 3.09. The van der Waals surface area contributed by atoms with Crippen molar-refractivity contribution in [1.29, 1.82) is 0 Å². The first-order chi connectivity index (χ1) is 12.7. The van der Waals surface area contributed by atoms with Crippen LogP contribution in [0.15, 0.2) is 54.2 Å². The Kier molecular flexibility index (Phi) is 4.44. The van der Waals surface area contributed by atoms with Crippen LogP contribution in [0.4, 0.5) is 5.13 Å². The minimum atomic E-state index is -0.732. The van der Waals surface area contributed by atoms with Gasteiger partial charge >= 0.3 is 0 Å². The molecule has 132 valence electrons. The number of nitrogens with one attached hydrogen (secondary N) is 1. The Morgan fingerprint density at radius 2 is 2.15 bits per heavy atom. The van der Waals surface area contributed by atoms with Crippen molar-refractivity contribution in [3.8, 4) is 5.75 Å². The Bertz CT molecular complexity index is 976. The van der Waals surface area contributed by atoms with Gasteiger partial charge in [-0.1, -0.05) is 35.1 Å². The van der Waals surface area contributed by atoms with Crippen LogP contribution in [0.1, 0.15) is 22.8 Å². The number of ether oxygens (including phenoxy) is 2. The topological polar surface area (TPSA) is 60.5 Å². The van der Waals surface area contributed by atoms with Gasteiger partial charge < -0.3 is 14.8 Å². The Hall–Kier alpha value is -2.70. The highest BCUT2D eigenvalue weighted by Gasteiger charge is 2.32. The molecule has 1 unspecified atom stereocenters. The van der Waals surface area contributed by atoms with Crippen LogP contribution >= 0.6 is 11.3 Å². The summed E-state index contributed by atoms with van der Waals surface area (Å²) in [7, 11) is 0. The lowest BCUT2D eigenvalue weighted by Crippen LogP contribution is -2.33. The normalized spacial score (nSPS) is 18.0. The molecule has 0 fully saturated rings. The number of para-hydroxylation sites is 1. The third-order valence-corrected chi connectivity index (χ3v) is 5.06. The Balaban J connectivity index is 1.67. The summed E-state index contributed by atoms with van der Waals surface area (Å²) in [4.78, 5) is 17.5. The van der Waals surface area contributed by atoms with E-state index >= 15 is 0 Å². The molecule has 1 aliphatic heterocycles. The molecule has 5 nitrogen and oxygen atoms in total. The van der Waals surface area contributed by atoms with Gasteiger partial charge in [0.25, 0.3) is 0 Å². The molecule has 2 heterocycles. The summed E-state index contributed by atoms with van der Waals surface area (Å²) in [5, 5.41) is 3.85. The van der Waals surface area contributed by atoms with Gasteiger partial charge in [-0.15, -0.1) is 0 Å². The largest absolute Gasteiger partial charge is 0.460 e. The molecule has 0 saturated carbocycles. The van der Waals surface area contributed by atoms with Crippen molar-refractivity contribution in [1.82, 2.24) is 4.98 Å². The molecule has 1 N–H and O–H groups in total. The minimum absolute atomic E-state index is 0.0954. The highest BCUT2D eigenvalue weighted by molar-refractivity contribution is 7.22. The first kappa shape index (κ1) is 16.8. The van der Waals surface area contributed by atoms with Gasteiger partial charge in [-0.05, 0) is 38.1 Å². The molecule has 0 bridgehead atoms. The number of thiazole rings is 1. The van der Waals surface area contributed by atoms with Gasteiger partial charge in [0.1, 0.15) is 5.75 Å². The molecule has 0 amide bonds. The second-order valence-corrected chi connectivity index (χ2v) is 7.00. The van der Waals surface area contributed by atoms with Crippen molar-refractivity contribution in [3.63, 3.8) is 0 Å². The van der Waals surface area contributed by atoms with Crippen LogP contribution < -0.4 is 10.1 Å². The highest BCUT2D eigenvalue weighted by atomic mass is 32.1. The van der Waals surface area contributed by atoms with E-state index in [9.17, 15) is 4.79 Å². The quantitative estimate of drug-likeness (QED) is 0.687. The molecule has 3 aromatic rings. The lowest BCUT2D eigenvalue weighted by molar-refractivity contribution is -0.0509. The lowest BCUT2D eigenvalue weighted by atomic mass is 9.98. The predicted octanol–water partition coefficient (Wildman–Crippen LogP) is 4.54. The molecule has 0 saturated heterocycles. The van der Waals surface area contributed by atoms with E-state index in [4.69, 9.17) is 9.47 Å². The van der Waals surface area contributed by atoms with Crippen LogP contribution in [0.25, 0.3) is 10.2 Å². The summed E-state index contributed by atoms with van der Waals surface area (Å²) in [6.07, 6.45) is 0.913. The number of carbonyl (C=O) groups excluding carboxylic acids is 1. The second kappa shape index (κ2) is 6.90. The summed E-state index contributed by atoms with van der Waals surface area (Å²) in [6, 6.07) is 13.5. The fourth-order valence-corrected chi connectivity index (χ4v) is 3.68. The number of anilines is 1. The molecular formula is C20H18N2O3S. The van der Waals surface area contributed by atoms with E-state index in [2.05, 4.69) is 10.3 Å². The number of benzene rings is 2. The number of aromatic nitrogens is 1. The van der Waals surface area contributed by atoms with E-state index in [1.165, 1.54) is 11.3 Å². The summed E-state index contributed by atoms with van der Waals surface area (Å²) in [5.41, 5.74) is 2.92. The number of fused-ring (bicyclic) bond motifs is 2. The number of carbonyl (C=O) groups is 1. The Labute approximate surface area is 155 Å². The van der Waals surface area contributed by atoms with E-state index in [1.54, 1.807) is 6.20 Å². The monoisotopic (exact) mass is 366 g/mol. The molecular weight excluding hydrogens is 348 g/mol. The molecule has 0 radical (unpaired) electrons. The summed E-state index contributed by atoms with van der Waals surface area (Å²) in [6.45, 7) is 4.26. The maximum absolute atomic E-state index is 13.0. The average molecular weight is 366 g/mol. The summed E-state index contributed by atoms with van der Waals surface area (Å²) < 4.78 is 12.6. The molecule has 26 heavy (non-hydrogen) atoms. The van der Waals surface area contributed by atoms with Gasteiger partial charge in [-0.2, -0.15) is 0 Å². The SMILES string of the molecule is CCOC1Oc2ccc(C)cc2C(=O)/C1=C/Nc1nc2ccccc2s1. The minimum Gasteiger partial charge on any atom is -0.460 e. The molecule has 6 heteroatoms. The summed E-state index contributed by atoms with van der Waals surface area (Å²) >= 11 is 1.53. The maximum Gasteiger partial charge on any atom is 0.232 e. The van der Waals surface area contributed by atoms with E-state index < -0.39 is 6.29 Å². The number of ketones is 1. The standard InChI is InChI=1S/C20H18N2O3S/c1-3-24-19-14(18(23)13-10-12(2)8-9-16(13)25-19)11-21-20-22-15-6-4-5-7-17(15)26-20/h4-11,19H,3H2,1-2H3,(H,21,22)/b14-11-. The van der Waals surface area contributed by atoms with Gasteiger partial charge in [-0.3, -0.25) is 4.79 Å². The van der Waals surface area contributed by atoms with Crippen molar-refractivity contribution in [2.75, 3.05) is 11.9 Å². The van der Waals surface area contributed by atoms with Gasteiger partial charge in [-0.25, -0.2) is 4.98 Å². The molecule has 2 aromatic carbocycles. The summed E-state index contributed by atoms with van der Waals surface area (Å²) in [5.74, 6) is 0.457. The Morgan fingerprint density at radius 1 is 1.31 bits per heavy atom. The number of nitrogens with zero attached hydrogens (tertiary/aromatic N) is 1. The number of rotatable bonds is 4. The zero-order valence-electron chi connectivity index (χ0n) is 14.5. The van der Waals surface area contributed by atoms with E-state index in [1.807, 2.05) is 56.3 Å². The van der Waals surface area contributed by atoms with Crippen LogP contribution in [0.5, 0.6) is 5.75 Å². The fourth-order valence-electron chi connectivity index (χ4n) is 2.85. The van der Waals surface area contributed by atoms with Crippen LogP contribution in [0.2, 0.25) is 0 Å². The van der Waals surface area contributed by atoms with E-state index in [0.717, 1.165) is 20.9 Å². The van der Waals surface area contributed by atoms with Gasteiger partial charge in [0, 0.05) is 12.8 Å². The first-order valence-corrected chi connectivity index (χ1v) is 9.23. The molecule has 4 rings (SSSR count). The number of hydrogen-bond donors (Lipinski definition) is 1. The Morgan fingerprint density at radius 3 is 2.96 bits per heavy atom. The van der Waals surface area contributed by atoms with Crippen LogP contribution in [-0.4, -0.2) is 23.7 Å². The maximum atomic E-state index is 13.0. The molecule has 1 atom stereocenters. The van der Waals surface area contributed by atoms with Crippen molar-refractivity contribution >= 4 is 32.5 Å². The molecule has 0 spiro atoms. The van der Waals surface area contributed by atoms with Crippen molar-refractivity contribution in [2.45, 2.75) is 20.1 Å². The van der Waals surface area contributed by atoms with Crippen molar-refractivity contribution in [3.05, 3.63) is 65.4 Å². The van der Waals surface area contributed by atoms with Crippen LogP contribution in [-0.2, 0) is 4.74 Å². The second-order valence-electron chi connectivity index (χ2n) is 5.96. The van der Waals surface area contributed by atoms with E-state index in [-0.39, 0.29) is 5.78 Å². The first-order valence-electron chi connectivity index (χ1n) is 8.41. The van der Waals surface area contributed by atoms with Gasteiger partial charge in [0.15, 0.2) is 10.9 Å². The molecule has 0 aliphatic carbocycles. The number of Topliss-reactive ketones (excluding diaryl/α,β-unsaturated/α-hetero) is 1. The van der Waals surface area contributed by atoms with Gasteiger partial charge in [0.05, 0.1) is 21.4 Å². The van der Waals surface area contributed by atoms with Crippen LogP contribution in [0, 0.1) is 6.92 Å². The number of aryl methyl sites for hydroxylation is 1. The highest BCUT2D eigenvalue weighted by Crippen LogP contribution is 2.32. The van der Waals surface area contributed by atoms with E-state index in [0.29, 0.717) is 23.5 Å². The molecule has 1 aromatic heterocycles. The van der Waals surface area contributed by atoms with Gasteiger partial charge in [0.2, 0.25) is 6.29 Å². The number of hydrogen-bond acceptors (Lipinski definition) is 6. The smallest absolute Gasteiger partial charge is 0.232 e. The zero-order chi connectivity index (χ0) is 18.1. The van der Waals surface area contributed by atoms with Crippen LogP contribution in [0.3, 0.4) is 0 Å². The van der Waals surface area contributed by atoms with Crippen molar-refractivity contribution < 1.29 is 14.3 Å².